The van der Waals surface area contributed by atoms with Gasteiger partial charge in [0.2, 0.25) is 0 Å². The summed E-state index contributed by atoms with van der Waals surface area (Å²) in [6.07, 6.45) is 2.37. The van der Waals surface area contributed by atoms with E-state index >= 15 is 0 Å². The van der Waals surface area contributed by atoms with Crippen LogP contribution in [0.1, 0.15) is 31.2 Å². The first kappa shape index (κ1) is 14.4. The van der Waals surface area contributed by atoms with Gasteiger partial charge in [0.05, 0.1) is 0 Å². The molecule has 0 spiro atoms. The Balaban J connectivity index is 2.03. The molecular formula is C15H22F2N2. The number of nitrogens with two attached hydrogens (primary N) is 1. The Labute approximate surface area is 113 Å². The van der Waals surface area contributed by atoms with Crippen LogP contribution in [0.25, 0.3) is 0 Å². The third-order valence-electron chi connectivity index (χ3n) is 4.04. The van der Waals surface area contributed by atoms with E-state index in [9.17, 15) is 8.78 Å². The lowest BCUT2D eigenvalue weighted by Gasteiger charge is -2.33. The fourth-order valence-electron chi connectivity index (χ4n) is 2.69. The zero-order valence-electron chi connectivity index (χ0n) is 11.4. The third kappa shape index (κ3) is 3.74. The molecule has 1 aliphatic rings. The molecule has 1 heterocycles. The first-order valence-electron chi connectivity index (χ1n) is 6.97. The Bertz CT molecular complexity index is 415. The van der Waals surface area contributed by atoms with Crippen LogP contribution in [-0.2, 0) is 0 Å². The van der Waals surface area contributed by atoms with Crippen molar-refractivity contribution >= 4 is 0 Å². The Morgan fingerprint density at radius 3 is 2.58 bits per heavy atom. The van der Waals surface area contributed by atoms with Crippen LogP contribution in [0.5, 0.6) is 0 Å². The van der Waals surface area contributed by atoms with E-state index in [2.05, 4.69) is 11.8 Å². The minimum atomic E-state index is -0.538. The summed E-state index contributed by atoms with van der Waals surface area (Å²) in [5.41, 5.74) is 6.30. The SMILES string of the molecule is CC1CCN(CC(CN)c2ccc(F)cc2F)CC1. The van der Waals surface area contributed by atoms with E-state index in [0.717, 1.165) is 31.6 Å². The average molecular weight is 268 g/mol. The zero-order chi connectivity index (χ0) is 13.8. The van der Waals surface area contributed by atoms with Gasteiger partial charge in [-0.15, -0.1) is 0 Å². The normalized spacial score (nSPS) is 19.6. The van der Waals surface area contributed by atoms with Crippen LogP contribution in [0.2, 0.25) is 0 Å². The number of hydrogen-bond acceptors (Lipinski definition) is 2. The van der Waals surface area contributed by atoms with Crippen molar-refractivity contribution in [3.05, 3.63) is 35.4 Å². The molecule has 0 radical (unpaired) electrons. The van der Waals surface area contributed by atoms with Gasteiger partial charge < -0.3 is 10.6 Å². The molecule has 106 valence electrons. The molecule has 2 N–H and O–H groups in total. The molecule has 1 saturated heterocycles. The molecule has 2 rings (SSSR count). The summed E-state index contributed by atoms with van der Waals surface area (Å²) in [4.78, 5) is 2.33. The third-order valence-corrected chi connectivity index (χ3v) is 4.04. The van der Waals surface area contributed by atoms with Crippen LogP contribution >= 0.6 is 0 Å². The number of rotatable bonds is 4. The second kappa shape index (κ2) is 6.44. The van der Waals surface area contributed by atoms with Crippen molar-refractivity contribution in [1.82, 2.24) is 4.90 Å². The first-order chi connectivity index (χ1) is 9.10. The minimum Gasteiger partial charge on any atom is -0.330 e. The molecule has 0 amide bonds. The largest absolute Gasteiger partial charge is 0.330 e. The Kier molecular flexibility index (Phi) is 4.88. The van der Waals surface area contributed by atoms with Crippen LogP contribution in [0.3, 0.4) is 0 Å². The molecule has 1 aromatic rings. The highest BCUT2D eigenvalue weighted by atomic mass is 19.1. The number of likely N-dealkylation sites (tertiary alicyclic amines) is 1. The van der Waals surface area contributed by atoms with Gasteiger partial charge in [-0.25, -0.2) is 8.78 Å². The molecule has 19 heavy (non-hydrogen) atoms. The lowest BCUT2D eigenvalue weighted by atomic mass is 9.94. The second-order valence-corrected chi connectivity index (χ2v) is 5.58. The molecule has 1 aromatic carbocycles. The van der Waals surface area contributed by atoms with Gasteiger partial charge in [0.25, 0.3) is 0 Å². The van der Waals surface area contributed by atoms with E-state index in [1.807, 2.05) is 0 Å². The summed E-state index contributed by atoms with van der Waals surface area (Å²) >= 11 is 0. The zero-order valence-corrected chi connectivity index (χ0v) is 11.4. The number of piperidine rings is 1. The molecule has 0 saturated carbocycles. The minimum absolute atomic E-state index is 0.0611. The molecule has 0 aromatic heterocycles. The standard InChI is InChI=1S/C15H22F2N2/c1-11-4-6-19(7-5-11)10-12(9-18)14-3-2-13(16)8-15(14)17/h2-3,8,11-12H,4-7,9-10,18H2,1H3. The van der Waals surface area contributed by atoms with Crippen LogP contribution in [0.15, 0.2) is 18.2 Å². The molecule has 2 nitrogen and oxygen atoms in total. The van der Waals surface area contributed by atoms with E-state index in [1.165, 1.54) is 25.0 Å². The van der Waals surface area contributed by atoms with Crippen LogP contribution < -0.4 is 5.73 Å². The van der Waals surface area contributed by atoms with Gasteiger partial charge in [0.1, 0.15) is 11.6 Å². The van der Waals surface area contributed by atoms with Crippen molar-refractivity contribution < 1.29 is 8.78 Å². The maximum atomic E-state index is 13.8. The van der Waals surface area contributed by atoms with Crippen molar-refractivity contribution in [1.29, 1.82) is 0 Å². The van der Waals surface area contributed by atoms with Crippen LogP contribution in [-0.4, -0.2) is 31.1 Å². The number of benzene rings is 1. The summed E-state index contributed by atoms with van der Waals surface area (Å²) in [5.74, 6) is -0.311. The number of hydrogen-bond donors (Lipinski definition) is 1. The van der Waals surface area contributed by atoms with Crippen LogP contribution in [0.4, 0.5) is 8.78 Å². The fourth-order valence-corrected chi connectivity index (χ4v) is 2.69. The predicted molar refractivity (Wildman–Crippen MR) is 73.0 cm³/mol. The highest BCUT2D eigenvalue weighted by molar-refractivity contribution is 5.23. The fraction of sp³-hybridized carbons (Fsp3) is 0.600. The van der Waals surface area contributed by atoms with E-state index in [4.69, 9.17) is 5.73 Å². The molecule has 1 fully saturated rings. The first-order valence-corrected chi connectivity index (χ1v) is 6.97. The Morgan fingerprint density at radius 1 is 1.32 bits per heavy atom. The van der Waals surface area contributed by atoms with Gasteiger partial charge >= 0.3 is 0 Å². The lowest BCUT2D eigenvalue weighted by molar-refractivity contribution is 0.182. The molecular weight excluding hydrogens is 246 g/mol. The number of halogens is 2. The van der Waals surface area contributed by atoms with Crippen molar-refractivity contribution in [3.63, 3.8) is 0 Å². The molecule has 1 aliphatic heterocycles. The maximum absolute atomic E-state index is 13.8. The molecule has 1 atom stereocenters. The smallest absolute Gasteiger partial charge is 0.129 e. The molecule has 0 aliphatic carbocycles. The molecule has 0 bridgehead atoms. The van der Waals surface area contributed by atoms with Crippen molar-refractivity contribution in [2.45, 2.75) is 25.7 Å². The van der Waals surface area contributed by atoms with Gasteiger partial charge in [-0.05, 0) is 43.5 Å². The van der Waals surface area contributed by atoms with Gasteiger partial charge in [-0.2, -0.15) is 0 Å². The molecule has 4 heteroatoms. The highest BCUT2D eigenvalue weighted by Crippen LogP contribution is 2.23. The van der Waals surface area contributed by atoms with Crippen molar-refractivity contribution in [2.75, 3.05) is 26.2 Å². The van der Waals surface area contributed by atoms with E-state index in [1.54, 1.807) is 0 Å². The van der Waals surface area contributed by atoms with E-state index in [0.29, 0.717) is 12.1 Å². The maximum Gasteiger partial charge on any atom is 0.129 e. The summed E-state index contributed by atoms with van der Waals surface area (Å²) in [6.45, 7) is 5.48. The topological polar surface area (TPSA) is 29.3 Å². The number of nitrogens with zero attached hydrogens (tertiary/aromatic N) is 1. The predicted octanol–water partition coefficient (Wildman–Crippen LogP) is 2.74. The van der Waals surface area contributed by atoms with E-state index < -0.39 is 11.6 Å². The van der Waals surface area contributed by atoms with Gasteiger partial charge in [0.15, 0.2) is 0 Å². The summed E-state index contributed by atoms with van der Waals surface area (Å²) in [6, 6.07) is 3.77. The van der Waals surface area contributed by atoms with E-state index in [-0.39, 0.29) is 5.92 Å². The van der Waals surface area contributed by atoms with Gasteiger partial charge in [-0.1, -0.05) is 13.0 Å². The van der Waals surface area contributed by atoms with Crippen molar-refractivity contribution in [3.8, 4) is 0 Å². The van der Waals surface area contributed by atoms with Gasteiger partial charge in [-0.3, -0.25) is 0 Å². The second-order valence-electron chi connectivity index (χ2n) is 5.58. The van der Waals surface area contributed by atoms with Gasteiger partial charge in [0, 0.05) is 25.1 Å². The Morgan fingerprint density at radius 2 is 2.00 bits per heavy atom. The highest BCUT2D eigenvalue weighted by Gasteiger charge is 2.21. The van der Waals surface area contributed by atoms with Crippen LogP contribution in [0, 0.1) is 17.6 Å². The Hall–Kier alpha value is -1.00. The van der Waals surface area contributed by atoms with Crippen molar-refractivity contribution in [2.24, 2.45) is 11.7 Å². The lowest BCUT2D eigenvalue weighted by Crippen LogP contribution is -2.37. The average Bonchev–Trinajstić information content (AvgIpc) is 2.39. The monoisotopic (exact) mass is 268 g/mol. The summed E-state index contributed by atoms with van der Waals surface area (Å²) in [7, 11) is 0. The molecule has 1 unspecified atom stereocenters. The summed E-state index contributed by atoms with van der Waals surface area (Å²) in [5, 5.41) is 0. The summed E-state index contributed by atoms with van der Waals surface area (Å²) < 4.78 is 26.7. The quantitative estimate of drug-likeness (QED) is 0.909.